The van der Waals surface area contributed by atoms with E-state index in [0.717, 1.165) is 42.4 Å². The summed E-state index contributed by atoms with van der Waals surface area (Å²) in [5.41, 5.74) is 6.67. The third kappa shape index (κ3) is 8.70. The van der Waals surface area contributed by atoms with Crippen molar-refractivity contribution in [3.05, 3.63) is 60.1 Å². The summed E-state index contributed by atoms with van der Waals surface area (Å²) in [5, 5.41) is 15.3. The number of β-amino-alcohol motifs (C(OH)–C–C–N with tert-alkyl or cyclic N) is 1. The molecule has 0 unspecified atom stereocenters. The molecule has 4 rings (SSSR count). The van der Waals surface area contributed by atoms with E-state index in [1.165, 1.54) is 32.2 Å². The number of hydrogen-bond donors (Lipinski definition) is 3. The Bertz CT molecular complexity index is 1490. The molecule has 11 nitrogen and oxygen atoms in total. The second-order valence-electron chi connectivity index (χ2n) is 14.9. The third-order valence-electron chi connectivity index (χ3n) is 9.95. The molecule has 260 valence electrons. The number of rotatable bonds is 11. The molecule has 4 N–H and O–H groups in total. The summed E-state index contributed by atoms with van der Waals surface area (Å²) >= 11 is 0. The highest BCUT2D eigenvalue weighted by atomic mass is 32.2. The van der Waals surface area contributed by atoms with Crippen molar-refractivity contribution in [2.45, 2.75) is 108 Å². The number of nitrogens with zero attached hydrogens (tertiary/aromatic N) is 2. The van der Waals surface area contributed by atoms with Gasteiger partial charge < -0.3 is 20.6 Å². The monoisotopic (exact) mass is 672 g/mol. The molecule has 47 heavy (non-hydrogen) atoms. The molecule has 12 heteroatoms. The van der Waals surface area contributed by atoms with E-state index in [1.807, 2.05) is 56.0 Å². The Kier molecular flexibility index (Phi) is 11.4. The second kappa shape index (κ2) is 14.6. The molecular weight excluding hydrogens is 620 g/mol. The highest BCUT2D eigenvalue weighted by Crippen LogP contribution is 2.39. The molecule has 0 spiro atoms. The fraction of sp³-hybridized carbons (Fsp3) is 0.629. The van der Waals surface area contributed by atoms with Crippen molar-refractivity contribution in [3.8, 4) is 0 Å². The van der Waals surface area contributed by atoms with E-state index in [1.54, 1.807) is 0 Å². The Balaban J connectivity index is 1.76. The Hall–Kier alpha value is -3.06. The molecule has 1 aromatic carbocycles. The van der Waals surface area contributed by atoms with Gasteiger partial charge in [-0.3, -0.25) is 24.2 Å². The topological polar surface area (TPSA) is 163 Å². The standard InChI is InChI=1S/C35H52N4O7S/c1-34(2,3)37-31(41)27-20-24-15-10-11-16-25(24)21-38(27)22-28(40)26(19-23-13-8-7-9-14-23)39(32(42)29-17-12-18-46-29)33(43)30(36)35(4,5)47(6,44)45/h7-9,12-14,17-18,24-28,30,40H,10-11,15-16,19-22,36H2,1-6H3,(H,37,41)/t24-,25+,26-,27-,28+,30+/m0/s1. The maximum Gasteiger partial charge on any atom is 0.296 e. The number of nitrogens with two attached hydrogens (primary N) is 1. The van der Waals surface area contributed by atoms with E-state index >= 15 is 0 Å². The lowest BCUT2D eigenvalue weighted by molar-refractivity contribution is -0.138. The smallest absolute Gasteiger partial charge is 0.296 e. The summed E-state index contributed by atoms with van der Waals surface area (Å²) in [6, 6.07) is 8.73. The summed E-state index contributed by atoms with van der Waals surface area (Å²) in [7, 11) is -3.85. The average Bonchev–Trinajstić information content (AvgIpc) is 3.54. The molecule has 2 aliphatic rings. The van der Waals surface area contributed by atoms with Crippen molar-refractivity contribution in [2.24, 2.45) is 17.6 Å². The molecule has 1 saturated heterocycles. The molecule has 2 heterocycles. The first-order valence-electron chi connectivity index (χ1n) is 16.5. The van der Waals surface area contributed by atoms with E-state index in [0.29, 0.717) is 24.8 Å². The SMILES string of the molecule is CC(C)(C)NC(=O)[C@@H]1C[C@@H]2CCCC[C@@H]2CN1C[C@@H](O)[C@H](Cc1ccccc1)N(C(=O)c1ccco1)C(=O)[C@@H](N)C(C)(C)S(C)(=O)=O. The van der Waals surface area contributed by atoms with Crippen molar-refractivity contribution in [2.75, 3.05) is 19.3 Å². The summed E-state index contributed by atoms with van der Waals surface area (Å²) < 4.78 is 29.2. The molecule has 2 fully saturated rings. The van der Waals surface area contributed by atoms with Gasteiger partial charge in [-0.05, 0) is 83.4 Å². The third-order valence-corrected chi connectivity index (χ3v) is 12.1. The van der Waals surface area contributed by atoms with Crippen molar-refractivity contribution < 1.29 is 32.3 Å². The van der Waals surface area contributed by atoms with Crippen LogP contribution in [0.2, 0.25) is 0 Å². The number of amides is 3. The molecule has 3 amide bonds. The van der Waals surface area contributed by atoms with Crippen LogP contribution in [0.25, 0.3) is 0 Å². The lowest BCUT2D eigenvalue weighted by Crippen LogP contribution is -2.64. The van der Waals surface area contributed by atoms with Crippen molar-refractivity contribution >= 4 is 27.6 Å². The minimum absolute atomic E-state index is 0.00285. The Morgan fingerprint density at radius 3 is 2.26 bits per heavy atom. The average molecular weight is 673 g/mol. The first kappa shape index (κ1) is 36.8. The van der Waals surface area contributed by atoms with Crippen LogP contribution in [0.1, 0.15) is 82.8 Å². The second-order valence-corrected chi connectivity index (χ2v) is 17.5. The number of carbonyl (C=O) groups excluding carboxylic acids is 3. The van der Waals surface area contributed by atoms with Gasteiger partial charge in [0, 0.05) is 24.9 Å². The number of carbonyl (C=O) groups is 3. The van der Waals surface area contributed by atoms with Crippen molar-refractivity contribution in [1.29, 1.82) is 0 Å². The van der Waals surface area contributed by atoms with Crippen LogP contribution in [0.5, 0.6) is 0 Å². The van der Waals surface area contributed by atoms with Gasteiger partial charge in [0.1, 0.15) is 6.04 Å². The largest absolute Gasteiger partial charge is 0.459 e. The number of nitrogens with one attached hydrogen (secondary N) is 1. The summed E-state index contributed by atoms with van der Waals surface area (Å²) in [6.07, 6.45) is 6.03. The van der Waals surface area contributed by atoms with Gasteiger partial charge in [0.15, 0.2) is 15.6 Å². The highest BCUT2D eigenvalue weighted by molar-refractivity contribution is 7.92. The molecule has 1 aliphatic heterocycles. The number of furan rings is 1. The quantitative estimate of drug-likeness (QED) is 0.325. The minimum Gasteiger partial charge on any atom is -0.459 e. The van der Waals surface area contributed by atoms with E-state index in [2.05, 4.69) is 5.32 Å². The van der Waals surface area contributed by atoms with Crippen LogP contribution in [0.3, 0.4) is 0 Å². The lowest BCUT2D eigenvalue weighted by Gasteiger charge is -2.47. The van der Waals surface area contributed by atoms with Gasteiger partial charge >= 0.3 is 0 Å². The number of imide groups is 1. The zero-order chi connectivity index (χ0) is 34.7. The molecule has 2 aromatic rings. The van der Waals surface area contributed by atoms with Crippen LogP contribution >= 0.6 is 0 Å². The number of aliphatic hydroxyl groups is 1. The number of aliphatic hydroxyl groups excluding tert-OH is 1. The van der Waals surface area contributed by atoms with E-state index in [-0.39, 0.29) is 24.6 Å². The number of hydrogen-bond acceptors (Lipinski definition) is 9. The molecule has 1 aromatic heterocycles. The molecule has 0 bridgehead atoms. The van der Waals surface area contributed by atoms with Crippen LogP contribution in [-0.2, 0) is 25.8 Å². The highest BCUT2D eigenvalue weighted by Gasteiger charge is 2.48. The van der Waals surface area contributed by atoms with Gasteiger partial charge in [0.25, 0.3) is 5.91 Å². The summed E-state index contributed by atoms with van der Waals surface area (Å²) in [5.74, 6) is -1.29. The van der Waals surface area contributed by atoms with Gasteiger partial charge in [-0.1, -0.05) is 49.6 Å². The van der Waals surface area contributed by atoms with E-state index in [4.69, 9.17) is 10.2 Å². The Morgan fingerprint density at radius 2 is 1.68 bits per heavy atom. The Labute approximate surface area is 279 Å². The predicted molar refractivity (Wildman–Crippen MR) is 180 cm³/mol. The lowest BCUT2D eigenvalue weighted by atomic mass is 9.72. The van der Waals surface area contributed by atoms with Gasteiger partial charge in [-0.2, -0.15) is 0 Å². The number of benzene rings is 1. The molecule has 1 aliphatic carbocycles. The fourth-order valence-corrected chi connectivity index (χ4v) is 7.42. The predicted octanol–water partition coefficient (Wildman–Crippen LogP) is 3.17. The van der Waals surface area contributed by atoms with Gasteiger partial charge in [0.05, 0.1) is 29.2 Å². The molecule has 6 atom stereocenters. The first-order chi connectivity index (χ1) is 21.9. The van der Waals surface area contributed by atoms with Crippen molar-refractivity contribution in [1.82, 2.24) is 15.1 Å². The fourth-order valence-electron chi connectivity index (χ4n) is 6.85. The van der Waals surface area contributed by atoms with Crippen LogP contribution in [-0.4, -0.2) is 94.9 Å². The van der Waals surface area contributed by atoms with E-state index < -0.39 is 56.2 Å². The summed E-state index contributed by atoms with van der Waals surface area (Å²) in [4.78, 5) is 45.0. The van der Waals surface area contributed by atoms with Crippen LogP contribution < -0.4 is 11.1 Å². The van der Waals surface area contributed by atoms with Crippen LogP contribution in [0, 0.1) is 11.8 Å². The Morgan fingerprint density at radius 1 is 1.04 bits per heavy atom. The number of likely N-dealkylation sites (tertiary alicyclic amines) is 1. The molecular formula is C35H52N4O7S. The zero-order valence-electron chi connectivity index (χ0n) is 28.5. The van der Waals surface area contributed by atoms with E-state index in [9.17, 15) is 27.9 Å². The normalized spacial score (nSPS) is 22.9. The first-order valence-corrected chi connectivity index (χ1v) is 18.4. The minimum atomic E-state index is -3.85. The van der Waals surface area contributed by atoms with Crippen LogP contribution in [0.15, 0.2) is 53.1 Å². The molecule has 0 radical (unpaired) electrons. The maximum absolute atomic E-state index is 14.3. The van der Waals surface area contributed by atoms with Crippen LogP contribution in [0.4, 0.5) is 0 Å². The van der Waals surface area contributed by atoms with Crippen molar-refractivity contribution in [3.63, 3.8) is 0 Å². The summed E-state index contributed by atoms with van der Waals surface area (Å²) in [6.45, 7) is 9.07. The zero-order valence-corrected chi connectivity index (χ0v) is 29.3. The molecule has 1 saturated carbocycles. The number of fused-ring (bicyclic) bond motifs is 1. The number of sulfone groups is 1. The van der Waals surface area contributed by atoms with Gasteiger partial charge in [-0.25, -0.2) is 8.42 Å². The maximum atomic E-state index is 14.3. The van der Waals surface area contributed by atoms with Gasteiger partial charge in [0.2, 0.25) is 11.8 Å². The van der Waals surface area contributed by atoms with Gasteiger partial charge in [-0.15, -0.1) is 0 Å². The number of piperidine rings is 1.